The Hall–Kier alpha value is -0.810. The van der Waals surface area contributed by atoms with Gasteiger partial charge in [-0.2, -0.15) is 0 Å². The maximum atomic E-state index is 11.4. The Balaban J connectivity index is 2.23. The molecule has 1 amide bonds. The maximum absolute atomic E-state index is 11.4. The zero-order valence-electron chi connectivity index (χ0n) is 11.0. The van der Waals surface area contributed by atoms with Gasteiger partial charge in [0.1, 0.15) is 5.60 Å². The summed E-state index contributed by atoms with van der Waals surface area (Å²) in [7, 11) is 0. The van der Waals surface area contributed by atoms with Crippen LogP contribution in [0.5, 0.6) is 0 Å². The summed E-state index contributed by atoms with van der Waals surface area (Å²) < 4.78 is 10.7. The fourth-order valence-electron chi connectivity index (χ4n) is 1.83. The molecule has 3 N–H and O–H groups in total. The van der Waals surface area contributed by atoms with Gasteiger partial charge in [-0.15, -0.1) is 0 Å². The predicted octanol–water partition coefficient (Wildman–Crippen LogP) is 1.26. The lowest BCUT2D eigenvalue weighted by Crippen LogP contribution is -2.41. The van der Waals surface area contributed by atoms with Crippen LogP contribution in [0.1, 0.15) is 33.6 Å². The van der Waals surface area contributed by atoms with Crippen LogP contribution in [0.2, 0.25) is 0 Å². The Bertz CT molecular complexity index is 251. The van der Waals surface area contributed by atoms with Crippen molar-refractivity contribution in [2.24, 2.45) is 11.7 Å². The Morgan fingerprint density at radius 2 is 2.24 bits per heavy atom. The Kier molecular flexibility index (Phi) is 5.21. The third-order valence-electron chi connectivity index (χ3n) is 2.68. The summed E-state index contributed by atoms with van der Waals surface area (Å²) >= 11 is 0. The molecule has 0 aromatic rings. The van der Waals surface area contributed by atoms with E-state index in [-0.39, 0.29) is 6.10 Å². The van der Waals surface area contributed by atoms with Gasteiger partial charge in [0.05, 0.1) is 6.10 Å². The van der Waals surface area contributed by atoms with E-state index in [1.807, 2.05) is 20.8 Å². The molecule has 17 heavy (non-hydrogen) atoms. The summed E-state index contributed by atoms with van der Waals surface area (Å²) in [4.78, 5) is 11.4. The largest absolute Gasteiger partial charge is 0.444 e. The number of carbonyl (C=O) groups excluding carboxylic acids is 1. The van der Waals surface area contributed by atoms with Crippen LogP contribution in [0, 0.1) is 5.92 Å². The highest BCUT2D eigenvalue weighted by atomic mass is 16.6. The Labute approximate surface area is 103 Å². The molecule has 1 aliphatic heterocycles. The third kappa shape index (κ3) is 5.89. The summed E-state index contributed by atoms with van der Waals surface area (Å²) in [5.41, 5.74) is 5.18. The van der Waals surface area contributed by atoms with Crippen molar-refractivity contribution in [3.05, 3.63) is 0 Å². The van der Waals surface area contributed by atoms with E-state index in [1.54, 1.807) is 0 Å². The fourth-order valence-corrected chi connectivity index (χ4v) is 1.83. The van der Waals surface area contributed by atoms with Crippen molar-refractivity contribution in [1.29, 1.82) is 0 Å². The molecular formula is C12H24N2O3. The highest BCUT2D eigenvalue weighted by Crippen LogP contribution is 2.18. The molecule has 5 heteroatoms. The van der Waals surface area contributed by atoms with Crippen LogP contribution < -0.4 is 11.1 Å². The highest BCUT2D eigenvalue weighted by Gasteiger charge is 2.23. The van der Waals surface area contributed by atoms with Crippen molar-refractivity contribution >= 4 is 6.09 Å². The normalized spacial score (nSPS) is 25.4. The predicted molar refractivity (Wildman–Crippen MR) is 65.8 cm³/mol. The third-order valence-corrected chi connectivity index (χ3v) is 2.68. The molecule has 1 fully saturated rings. The van der Waals surface area contributed by atoms with Gasteiger partial charge in [-0.25, -0.2) is 4.79 Å². The lowest BCUT2D eigenvalue weighted by Gasteiger charge is -2.29. The molecule has 1 heterocycles. The average Bonchev–Trinajstić information content (AvgIpc) is 2.24. The van der Waals surface area contributed by atoms with Crippen LogP contribution in [0.4, 0.5) is 4.79 Å². The van der Waals surface area contributed by atoms with Gasteiger partial charge >= 0.3 is 6.09 Å². The van der Waals surface area contributed by atoms with Gasteiger partial charge in [0, 0.05) is 13.2 Å². The van der Waals surface area contributed by atoms with Crippen LogP contribution >= 0.6 is 0 Å². The van der Waals surface area contributed by atoms with Crippen molar-refractivity contribution < 1.29 is 14.3 Å². The first-order chi connectivity index (χ1) is 7.90. The molecule has 5 nitrogen and oxygen atoms in total. The van der Waals surface area contributed by atoms with E-state index in [0.29, 0.717) is 19.0 Å². The molecule has 2 unspecified atom stereocenters. The number of nitrogens with one attached hydrogen (secondary N) is 1. The lowest BCUT2D eigenvalue weighted by molar-refractivity contribution is -0.00877. The van der Waals surface area contributed by atoms with Gasteiger partial charge in [0.2, 0.25) is 0 Å². The summed E-state index contributed by atoms with van der Waals surface area (Å²) in [5, 5.41) is 2.73. The molecular weight excluding hydrogens is 220 g/mol. The van der Waals surface area contributed by atoms with E-state index in [9.17, 15) is 4.79 Å². The molecule has 1 saturated heterocycles. The monoisotopic (exact) mass is 244 g/mol. The van der Waals surface area contributed by atoms with E-state index in [2.05, 4.69) is 5.32 Å². The van der Waals surface area contributed by atoms with Gasteiger partial charge in [-0.1, -0.05) is 0 Å². The summed E-state index contributed by atoms with van der Waals surface area (Å²) in [5.74, 6) is 0.509. The number of hydrogen-bond acceptors (Lipinski definition) is 4. The number of amides is 1. The second-order valence-electron chi connectivity index (χ2n) is 5.50. The number of rotatable bonds is 3. The zero-order chi connectivity index (χ0) is 12.9. The number of ether oxygens (including phenoxy) is 2. The second kappa shape index (κ2) is 6.21. The van der Waals surface area contributed by atoms with Crippen LogP contribution in [-0.4, -0.2) is 37.5 Å². The first-order valence-corrected chi connectivity index (χ1v) is 6.19. The number of nitrogens with two attached hydrogens (primary N) is 1. The molecule has 100 valence electrons. The average molecular weight is 244 g/mol. The molecule has 0 aromatic carbocycles. The maximum Gasteiger partial charge on any atom is 0.407 e. The minimum atomic E-state index is -0.461. The van der Waals surface area contributed by atoms with Crippen LogP contribution in [0.15, 0.2) is 0 Å². The number of carbonyl (C=O) groups is 1. The number of hydrogen-bond donors (Lipinski definition) is 2. The molecule has 0 spiro atoms. The minimum Gasteiger partial charge on any atom is -0.444 e. The minimum absolute atomic E-state index is 0.0600. The Morgan fingerprint density at radius 3 is 2.82 bits per heavy atom. The first kappa shape index (κ1) is 14.3. The van der Waals surface area contributed by atoms with E-state index in [1.165, 1.54) is 0 Å². The van der Waals surface area contributed by atoms with Crippen LogP contribution in [0.3, 0.4) is 0 Å². The van der Waals surface area contributed by atoms with Gasteiger partial charge in [-0.3, -0.25) is 0 Å². The van der Waals surface area contributed by atoms with E-state index in [0.717, 1.165) is 19.4 Å². The van der Waals surface area contributed by atoms with Crippen LogP contribution in [-0.2, 0) is 9.47 Å². The summed E-state index contributed by atoms with van der Waals surface area (Å²) in [6.07, 6.45) is 1.59. The van der Waals surface area contributed by atoms with Gasteiger partial charge in [0.25, 0.3) is 0 Å². The number of alkyl carbamates (subject to hydrolysis) is 1. The quantitative estimate of drug-likeness (QED) is 0.784. The molecule has 0 aromatic heterocycles. The van der Waals surface area contributed by atoms with Gasteiger partial charge < -0.3 is 20.5 Å². The fraction of sp³-hybridized carbons (Fsp3) is 0.917. The molecule has 0 aliphatic carbocycles. The van der Waals surface area contributed by atoms with Crippen LogP contribution in [0.25, 0.3) is 0 Å². The lowest BCUT2D eigenvalue weighted by atomic mass is 9.96. The van der Waals surface area contributed by atoms with Gasteiger partial charge in [-0.05, 0) is 46.1 Å². The van der Waals surface area contributed by atoms with Crippen molar-refractivity contribution in [3.8, 4) is 0 Å². The zero-order valence-corrected chi connectivity index (χ0v) is 11.0. The SMILES string of the molecule is CC(C)(C)OC(=O)NCC1CC(CN)CCO1. The molecule has 0 bridgehead atoms. The molecule has 1 aliphatic rings. The molecule has 1 rings (SSSR count). The second-order valence-corrected chi connectivity index (χ2v) is 5.50. The molecule has 0 saturated carbocycles. The topological polar surface area (TPSA) is 73.6 Å². The first-order valence-electron chi connectivity index (χ1n) is 6.19. The molecule has 0 radical (unpaired) electrons. The van der Waals surface area contributed by atoms with E-state index >= 15 is 0 Å². The van der Waals surface area contributed by atoms with Crippen molar-refractivity contribution in [2.45, 2.75) is 45.3 Å². The van der Waals surface area contributed by atoms with Gasteiger partial charge in [0.15, 0.2) is 0 Å². The summed E-state index contributed by atoms with van der Waals surface area (Å²) in [6, 6.07) is 0. The molecule has 2 atom stereocenters. The highest BCUT2D eigenvalue weighted by molar-refractivity contribution is 5.67. The van der Waals surface area contributed by atoms with E-state index in [4.69, 9.17) is 15.2 Å². The van der Waals surface area contributed by atoms with Crippen molar-refractivity contribution in [3.63, 3.8) is 0 Å². The standard InChI is InChI=1S/C12H24N2O3/c1-12(2,3)17-11(15)14-8-10-6-9(7-13)4-5-16-10/h9-10H,4-8,13H2,1-3H3,(H,14,15). The van der Waals surface area contributed by atoms with E-state index < -0.39 is 11.7 Å². The Morgan fingerprint density at radius 1 is 1.53 bits per heavy atom. The smallest absolute Gasteiger partial charge is 0.407 e. The van der Waals surface area contributed by atoms with Crippen molar-refractivity contribution in [2.75, 3.05) is 19.7 Å². The van der Waals surface area contributed by atoms with Crippen molar-refractivity contribution in [1.82, 2.24) is 5.32 Å². The summed E-state index contributed by atoms with van der Waals surface area (Å²) in [6.45, 7) is 7.43.